The lowest BCUT2D eigenvalue weighted by Crippen LogP contribution is -2.54. The highest BCUT2D eigenvalue weighted by Crippen LogP contribution is 2.32. The van der Waals surface area contributed by atoms with Crippen LogP contribution >= 0.6 is 0 Å². The average molecular weight is 481 g/mol. The molecule has 186 valence electrons. The normalized spacial score (nSPS) is 19.2. The molecule has 0 unspecified atom stereocenters. The number of fused-ring (bicyclic) bond motifs is 1. The fourth-order valence-corrected chi connectivity index (χ4v) is 4.56. The minimum atomic E-state index is -0.984. The molecule has 0 saturated carbocycles. The number of ether oxygens (including phenoxy) is 2. The van der Waals surface area contributed by atoms with Gasteiger partial charge in [0.05, 0.1) is 18.5 Å². The summed E-state index contributed by atoms with van der Waals surface area (Å²) in [6.45, 7) is 5.43. The largest absolute Gasteiger partial charge is 0.495 e. The number of rotatable bonds is 5. The van der Waals surface area contributed by atoms with Crippen LogP contribution in [0.3, 0.4) is 0 Å². The van der Waals surface area contributed by atoms with Gasteiger partial charge < -0.3 is 25.0 Å². The Morgan fingerprint density at radius 2 is 1.89 bits per heavy atom. The highest BCUT2D eigenvalue weighted by Gasteiger charge is 2.36. The van der Waals surface area contributed by atoms with Crippen molar-refractivity contribution in [1.82, 2.24) is 10.2 Å². The fourth-order valence-electron chi connectivity index (χ4n) is 4.56. The molecule has 1 fully saturated rings. The summed E-state index contributed by atoms with van der Waals surface area (Å²) in [6, 6.07) is 12.5. The van der Waals surface area contributed by atoms with E-state index < -0.39 is 18.0 Å². The predicted octanol–water partition coefficient (Wildman–Crippen LogP) is 3.26. The maximum Gasteiger partial charge on any atom is 0.320 e. The zero-order chi connectivity index (χ0) is 25.0. The van der Waals surface area contributed by atoms with Crippen molar-refractivity contribution in [3.8, 4) is 11.5 Å². The summed E-state index contributed by atoms with van der Waals surface area (Å²) < 4.78 is 11.1. The molecule has 2 aliphatic rings. The molecule has 0 radical (unpaired) electrons. The fraction of sp³-hybridized carbons (Fsp3) is 0.423. The number of benzene rings is 2. The van der Waals surface area contributed by atoms with E-state index >= 15 is 0 Å². The second-order valence-corrected chi connectivity index (χ2v) is 9.64. The molecule has 35 heavy (non-hydrogen) atoms. The van der Waals surface area contributed by atoms with Crippen molar-refractivity contribution in [2.45, 2.75) is 32.7 Å². The van der Waals surface area contributed by atoms with Gasteiger partial charge in [0.2, 0.25) is 5.91 Å². The molecular weight excluding hydrogens is 448 g/mol. The quantitative estimate of drug-likeness (QED) is 0.684. The summed E-state index contributed by atoms with van der Waals surface area (Å²) in [5, 5.41) is 5.40. The second-order valence-electron chi connectivity index (χ2n) is 9.64. The Balaban J connectivity index is 1.51. The maximum absolute atomic E-state index is 13.6. The number of hydrogen-bond acceptors (Lipinski definition) is 5. The van der Waals surface area contributed by atoms with Gasteiger partial charge in [-0.15, -0.1) is 0 Å². The Hall–Kier alpha value is -3.75. The van der Waals surface area contributed by atoms with Crippen LogP contribution in [0.25, 0.3) is 0 Å². The Labute approximate surface area is 205 Å². The van der Waals surface area contributed by atoms with Crippen LogP contribution in [-0.4, -0.2) is 62.1 Å². The molecule has 1 atom stereocenters. The van der Waals surface area contributed by atoms with E-state index in [1.54, 1.807) is 48.5 Å². The lowest BCUT2D eigenvalue weighted by Gasteiger charge is -2.39. The molecule has 2 aromatic carbocycles. The molecule has 9 heteroatoms. The van der Waals surface area contributed by atoms with E-state index in [-0.39, 0.29) is 24.5 Å². The number of urea groups is 1. The number of nitrogens with one attached hydrogen (secondary N) is 2. The average Bonchev–Trinajstić information content (AvgIpc) is 2.96. The molecule has 1 saturated heterocycles. The van der Waals surface area contributed by atoms with Crippen LogP contribution in [0.15, 0.2) is 48.5 Å². The first-order valence-electron chi connectivity index (χ1n) is 11.8. The zero-order valence-corrected chi connectivity index (χ0v) is 20.4. The third-order valence-electron chi connectivity index (χ3n) is 6.33. The van der Waals surface area contributed by atoms with Gasteiger partial charge in [-0.3, -0.25) is 14.5 Å². The number of likely N-dealkylation sites (tertiary alicyclic amines) is 1. The standard InChI is InChI=1S/C26H32N4O5/c1-26(2)13-8-14-29(17-26)23(31)15-30-20-10-5-7-12-22(20)35-16-19(24(30)32)28-25(33)27-18-9-4-6-11-21(18)34-3/h4-7,9-12,19H,8,13-17H2,1-3H3,(H2,27,28,33)/t19-/m1/s1. The molecule has 2 aromatic rings. The van der Waals surface area contributed by atoms with Gasteiger partial charge in [-0.1, -0.05) is 38.1 Å². The van der Waals surface area contributed by atoms with E-state index in [1.165, 1.54) is 12.0 Å². The number of anilines is 2. The number of carbonyl (C=O) groups is 3. The topological polar surface area (TPSA) is 100 Å². The summed E-state index contributed by atoms with van der Waals surface area (Å²) in [5.74, 6) is 0.451. The van der Waals surface area contributed by atoms with Gasteiger partial charge in [0.15, 0.2) is 0 Å². The van der Waals surface area contributed by atoms with Crippen LogP contribution in [0.2, 0.25) is 0 Å². The van der Waals surface area contributed by atoms with Crippen molar-refractivity contribution in [3.63, 3.8) is 0 Å². The van der Waals surface area contributed by atoms with Gasteiger partial charge in [-0.25, -0.2) is 4.79 Å². The van der Waals surface area contributed by atoms with Crippen molar-refractivity contribution in [3.05, 3.63) is 48.5 Å². The molecule has 0 bridgehead atoms. The summed E-state index contributed by atoms with van der Waals surface area (Å²) in [4.78, 5) is 42.8. The number of nitrogens with zero attached hydrogens (tertiary/aromatic N) is 2. The predicted molar refractivity (Wildman–Crippen MR) is 133 cm³/mol. The Morgan fingerprint density at radius 3 is 2.66 bits per heavy atom. The summed E-state index contributed by atoms with van der Waals surface area (Å²) in [5.41, 5.74) is 1.02. The third kappa shape index (κ3) is 5.67. The minimum absolute atomic E-state index is 0.0401. The first-order valence-corrected chi connectivity index (χ1v) is 11.8. The Kier molecular flexibility index (Phi) is 7.14. The Bertz CT molecular complexity index is 1100. The van der Waals surface area contributed by atoms with E-state index in [9.17, 15) is 14.4 Å². The SMILES string of the molecule is COc1ccccc1NC(=O)N[C@@H]1COc2ccccc2N(CC(=O)N2CCCC(C)(C)C2)C1=O. The van der Waals surface area contributed by atoms with Crippen molar-refractivity contribution >= 4 is 29.2 Å². The number of carbonyl (C=O) groups excluding carboxylic acids is 3. The van der Waals surface area contributed by atoms with Gasteiger partial charge in [0, 0.05) is 13.1 Å². The molecule has 2 heterocycles. The highest BCUT2D eigenvalue weighted by molar-refractivity contribution is 6.05. The van der Waals surface area contributed by atoms with Crippen LogP contribution < -0.4 is 25.0 Å². The van der Waals surface area contributed by atoms with Gasteiger partial charge in [-0.05, 0) is 42.5 Å². The number of hydrogen-bond donors (Lipinski definition) is 2. The van der Waals surface area contributed by atoms with Gasteiger partial charge >= 0.3 is 6.03 Å². The lowest BCUT2D eigenvalue weighted by atomic mass is 9.84. The van der Waals surface area contributed by atoms with Crippen LogP contribution in [-0.2, 0) is 9.59 Å². The van der Waals surface area contributed by atoms with E-state index in [0.717, 1.165) is 12.8 Å². The third-order valence-corrected chi connectivity index (χ3v) is 6.33. The minimum Gasteiger partial charge on any atom is -0.495 e. The zero-order valence-electron chi connectivity index (χ0n) is 20.4. The molecule has 4 amide bonds. The van der Waals surface area contributed by atoms with Crippen LogP contribution in [0.5, 0.6) is 11.5 Å². The van der Waals surface area contributed by atoms with Gasteiger partial charge in [0.25, 0.3) is 5.91 Å². The number of methoxy groups -OCH3 is 1. The number of piperidine rings is 1. The number of para-hydroxylation sites is 4. The summed E-state index contributed by atoms with van der Waals surface area (Å²) in [7, 11) is 1.51. The molecular formula is C26H32N4O5. The lowest BCUT2D eigenvalue weighted by molar-refractivity contribution is -0.134. The van der Waals surface area contributed by atoms with Crippen molar-refractivity contribution in [1.29, 1.82) is 0 Å². The monoisotopic (exact) mass is 480 g/mol. The van der Waals surface area contributed by atoms with Gasteiger partial charge in [-0.2, -0.15) is 0 Å². The summed E-state index contributed by atoms with van der Waals surface area (Å²) in [6.07, 6.45) is 1.99. The van der Waals surface area contributed by atoms with Crippen molar-refractivity contribution in [2.24, 2.45) is 5.41 Å². The van der Waals surface area contributed by atoms with Crippen LogP contribution in [0.4, 0.5) is 16.2 Å². The van der Waals surface area contributed by atoms with E-state index in [0.29, 0.717) is 36.0 Å². The van der Waals surface area contributed by atoms with E-state index in [2.05, 4.69) is 24.5 Å². The highest BCUT2D eigenvalue weighted by atomic mass is 16.5. The smallest absolute Gasteiger partial charge is 0.320 e. The Morgan fingerprint density at radius 1 is 1.14 bits per heavy atom. The van der Waals surface area contributed by atoms with Crippen molar-refractivity contribution in [2.75, 3.05) is 43.6 Å². The molecule has 2 aliphatic heterocycles. The molecule has 0 spiro atoms. The van der Waals surface area contributed by atoms with Crippen molar-refractivity contribution < 1.29 is 23.9 Å². The molecule has 0 aromatic heterocycles. The molecule has 0 aliphatic carbocycles. The van der Waals surface area contributed by atoms with Crippen LogP contribution in [0.1, 0.15) is 26.7 Å². The van der Waals surface area contributed by atoms with Gasteiger partial charge in [0.1, 0.15) is 30.7 Å². The molecule has 2 N–H and O–H groups in total. The van der Waals surface area contributed by atoms with Crippen LogP contribution in [0, 0.1) is 5.41 Å². The second kappa shape index (κ2) is 10.2. The van der Waals surface area contributed by atoms with E-state index in [1.807, 2.05) is 4.90 Å². The summed E-state index contributed by atoms with van der Waals surface area (Å²) >= 11 is 0. The maximum atomic E-state index is 13.6. The first-order chi connectivity index (χ1) is 16.8. The molecule has 9 nitrogen and oxygen atoms in total. The number of amides is 4. The first kappa shape index (κ1) is 24.4. The molecule has 4 rings (SSSR count). The van der Waals surface area contributed by atoms with E-state index in [4.69, 9.17) is 9.47 Å².